The molecule has 25 heavy (non-hydrogen) atoms. The first-order valence-electron chi connectivity index (χ1n) is 7.79. The molecule has 2 N–H and O–H groups in total. The van der Waals surface area contributed by atoms with Crippen LogP contribution in [0.3, 0.4) is 0 Å². The summed E-state index contributed by atoms with van der Waals surface area (Å²) < 4.78 is 5.28. The summed E-state index contributed by atoms with van der Waals surface area (Å²) in [6, 6.07) is 16.7. The van der Waals surface area contributed by atoms with Crippen LogP contribution in [0.5, 0.6) is 0 Å². The number of halogens is 1. The molecule has 0 saturated heterocycles. The highest BCUT2D eigenvalue weighted by Gasteiger charge is 2.11. The van der Waals surface area contributed by atoms with Crippen LogP contribution in [0.1, 0.15) is 12.5 Å². The Bertz CT molecular complexity index is 953. The van der Waals surface area contributed by atoms with E-state index >= 15 is 0 Å². The molecule has 3 rings (SSSR count). The number of aryl methyl sites for hydroxylation is 1. The fourth-order valence-electron chi connectivity index (χ4n) is 2.52. The molecular weight excluding hydrogens is 338 g/mol. The number of rotatable bonds is 3. The van der Waals surface area contributed by atoms with Crippen LogP contribution >= 0.6 is 12.4 Å². The van der Waals surface area contributed by atoms with Crippen molar-refractivity contribution in [2.75, 3.05) is 17.3 Å². The van der Waals surface area contributed by atoms with E-state index in [-0.39, 0.29) is 18.4 Å². The monoisotopic (exact) mass is 357 g/mol. The largest absolute Gasteiger partial charge is 0.420 e. The van der Waals surface area contributed by atoms with Crippen molar-refractivity contribution < 1.29 is 4.42 Å². The summed E-state index contributed by atoms with van der Waals surface area (Å²) in [5, 5.41) is 12.2. The molecule has 130 valence electrons. The number of benzene rings is 2. The van der Waals surface area contributed by atoms with E-state index in [1.807, 2.05) is 31.3 Å². The van der Waals surface area contributed by atoms with Crippen molar-refractivity contribution in [1.82, 2.24) is 0 Å². The first-order chi connectivity index (χ1) is 11.6. The summed E-state index contributed by atoms with van der Waals surface area (Å²) in [5.41, 5.74) is 2.77. The lowest BCUT2D eigenvalue weighted by atomic mass is 10.1. The third-order valence-electron chi connectivity index (χ3n) is 3.94. The maximum absolute atomic E-state index is 11.5. The third-order valence-corrected chi connectivity index (χ3v) is 3.94. The fourth-order valence-corrected chi connectivity index (χ4v) is 2.52. The van der Waals surface area contributed by atoms with Gasteiger partial charge in [0.2, 0.25) is 0 Å². The lowest BCUT2D eigenvalue weighted by Crippen LogP contribution is -2.32. The van der Waals surface area contributed by atoms with Gasteiger partial charge in [-0.3, -0.25) is 5.41 Å². The number of anilines is 2. The van der Waals surface area contributed by atoms with Crippen molar-refractivity contribution in [3.8, 4) is 0 Å². The van der Waals surface area contributed by atoms with Crippen molar-refractivity contribution >= 4 is 40.7 Å². The molecule has 6 heteroatoms. The number of nitrogens with zero attached hydrogens (tertiary/aromatic N) is 1. The molecule has 0 bridgehead atoms. The first-order valence-corrected chi connectivity index (χ1v) is 7.79. The summed E-state index contributed by atoms with van der Waals surface area (Å²) in [6.45, 7) is 2.10. The zero-order valence-electron chi connectivity index (χ0n) is 14.1. The highest BCUT2D eigenvalue weighted by molar-refractivity contribution is 6.06. The quantitative estimate of drug-likeness (QED) is 0.417. The maximum Gasteiger partial charge on any atom is 0.336 e. The zero-order chi connectivity index (χ0) is 17.1. The lowest BCUT2D eigenvalue weighted by molar-refractivity contribution is 0.562. The van der Waals surface area contributed by atoms with Crippen molar-refractivity contribution in [3.05, 3.63) is 70.6 Å². The zero-order valence-corrected chi connectivity index (χ0v) is 14.9. The van der Waals surface area contributed by atoms with Crippen LogP contribution in [0.2, 0.25) is 0 Å². The Kier molecular flexibility index (Phi) is 5.83. The van der Waals surface area contributed by atoms with Gasteiger partial charge in [-0.15, -0.1) is 12.4 Å². The van der Waals surface area contributed by atoms with E-state index in [2.05, 4.69) is 24.4 Å². The second-order valence-electron chi connectivity index (χ2n) is 5.53. The Hall–Kier alpha value is -2.79. The Morgan fingerprint density at radius 1 is 1.16 bits per heavy atom. The maximum atomic E-state index is 11.5. The van der Waals surface area contributed by atoms with Crippen molar-refractivity contribution in [2.24, 2.45) is 0 Å². The number of nitrogens with one attached hydrogen (secondary N) is 2. The van der Waals surface area contributed by atoms with E-state index in [0.29, 0.717) is 11.3 Å². The van der Waals surface area contributed by atoms with Gasteiger partial charge in [0.05, 0.1) is 5.69 Å². The predicted octanol–water partition coefficient (Wildman–Crippen LogP) is 4.26. The molecule has 0 aliphatic carbocycles. The van der Waals surface area contributed by atoms with Crippen molar-refractivity contribution in [2.45, 2.75) is 13.3 Å². The minimum absolute atomic E-state index is 0. The Morgan fingerprint density at radius 3 is 2.68 bits per heavy atom. The molecule has 0 atom stereocenters. The summed E-state index contributed by atoms with van der Waals surface area (Å²) in [7, 11) is 1.82. The minimum atomic E-state index is -0.410. The molecule has 1 heterocycles. The summed E-state index contributed by atoms with van der Waals surface area (Å²) in [6.07, 6.45) is 0.941. The van der Waals surface area contributed by atoms with Gasteiger partial charge in [0.25, 0.3) is 0 Å². The Balaban J connectivity index is 0.00000225. The summed E-state index contributed by atoms with van der Waals surface area (Å²) in [4.78, 5) is 13.2. The highest BCUT2D eigenvalue weighted by atomic mass is 35.5. The van der Waals surface area contributed by atoms with Gasteiger partial charge in [0.15, 0.2) is 11.5 Å². The molecule has 0 fully saturated rings. The van der Waals surface area contributed by atoms with Gasteiger partial charge >= 0.3 is 5.63 Å². The normalized spacial score (nSPS) is 10.2. The van der Waals surface area contributed by atoms with Crippen LogP contribution in [-0.4, -0.2) is 13.0 Å². The van der Waals surface area contributed by atoms with E-state index in [0.717, 1.165) is 17.5 Å². The van der Waals surface area contributed by atoms with Crippen LogP contribution in [0, 0.1) is 5.41 Å². The van der Waals surface area contributed by atoms with Gasteiger partial charge < -0.3 is 14.6 Å². The van der Waals surface area contributed by atoms with Gasteiger partial charge in [-0.1, -0.05) is 31.2 Å². The molecule has 0 amide bonds. The molecule has 2 aromatic carbocycles. The van der Waals surface area contributed by atoms with Crippen molar-refractivity contribution in [3.63, 3.8) is 0 Å². The number of fused-ring (bicyclic) bond motifs is 1. The Labute approximate surface area is 152 Å². The van der Waals surface area contributed by atoms with E-state index in [9.17, 15) is 4.79 Å². The molecule has 5 nitrogen and oxygen atoms in total. The van der Waals surface area contributed by atoms with Crippen LogP contribution in [-0.2, 0) is 6.42 Å². The second-order valence-corrected chi connectivity index (χ2v) is 5.53. The van der Waals surface area contributed by atoms with Crippen LogP contribution in [0.15, 0.2) is 63.8 Å². The molecule has 0 unspecified atom stereocenters. The van der Waals surface area contributed by atoms with E-state index in [1.54, 1.807) is 17.0 Å². The van der Waals surface area contributed by atoms with Gasteiger partial charge in [0.1, 0.15) is 0 Å². The molecule has 0 radical (unpaired) electrons. The molecule has 0 saturated carbocycles. The standard InChI is InChI=1S/C19H19N3O2.ClH/c1-3-13-6-4-8-15(12-13)22(2)19(20)21-16-9-5-7-14-10-11-17(23)24-18(14)16;/h4-12H,3H2,1-2H3,(H2,20,21);1H. The van der Waals surface area contributed by atoms with Gasteiger partial charge in [-0.25, -0.2) is 4.79 Å². The molecule has 0 spiro atoms. The Morgan fingerprint density at radius 2 is 1.92 bits per heavy atom. The van der Waals surface area contributed by atoms with Crippen LogP contribution in [0.4, 0.5) is 11.4 Å². The number of hydrogen-bond donors (Lipinski definition) is 2. The topological polar surface area (TPSA) is 69.3 Å². The molecule has 1 aromatic heterocycles. The average Bonchev–Trinajstić information content (AvgIpc) is 2.61. The average molecular weight is 358 g/mol. The van der Waals surface area contributed by atoms with E-state index < -0.39 is 5.63 Å². The molecular formula is C19H20ClN3O2. The molecule has 0 aliphatic heterocycles. The van der Waals surface area contributed by atoms with Gasteiger partial charge in [-0.2, -0.15) is 0 Å². The van der Waals surface area contributed by atoms with Crippen molar-refractivity contribution in [1.29, 1.82) is 5.41 Å². The SMILES string of the molecule is CCc1cccc(N(C)C(=N)Nc2cccc3ccc(=O)oc23)c1.Cl. The fraction of sp³-hybridized carbons (Fsp3) is 0.158. The van der Waals surface area contributed by atoms with Crippen LogP contribution < -0.4 is 15.8 Å². The van der Waals surface area contributed by atoms with Gasteiger partial charge in [0, 0.05) is 24.2 Å². The van der Waals surface area contributed by atoms with Crippen LogP contribution in [0.25, 0.3) is 11.0 Å². The minimum Gasteiger partial charge on any atom is -0.420 e. The van der Waals surface area contributed by atoms with E-state index in [1.165, 1.54) is 11.6 Å². The molecule has 3 aromatic rings. The summed E-state index contributed by atoms with van der Waals surface area (Å²) in [5.74, 6) is 0.197. The number of hydrogen-bond acceptors (Lipinski definition) is 3. The number of guanidine groups is 1. The molecule has 0 aliphatic rings. The third kappa shape index (κ3) is 4.00. The van der Waals surface area contributed by atoms with Gasteiger partial charge in [-0.05, 0) is 36.2 Å². The smallest absolute Gasteiger partial charge is 0.336 e. The lowest BCUT2D eigenvalue weighted by Gasteiger charge is -2.21. The predicted molar refractivity (Wildman–Crippen MR) is 105 cm³/mol. The first kappa shape index (κ1) is 18.5. The number of para-hydroxylation sites is 1. The van der Waals surface area contributed by atoms with E-state index in [4.69, 9.17) is 9.83 Å². The summed E-state index contributed by atoms with van der Waals surface area (Å²) >= 11 is 0. The highest BCUT2D eigenvalue weighted by Crippen LogP contribution is 2.23. The second kappa shape index (κ2) is 7.85.